The molecule has 0 unspecified atom stereocenters. The van der Waals surface area contributed by atoms with E-state index in [-0.39, 0.29) is 5.91 Å². The highest BCUT2D eigenvalue weighted by atomic mass is 16.1. The maximum absolute atomic E-state index is 12.1. The summed E-state index contributed by atoms with van der Waals surface area (Å²) in [5.41, 5.74) is 2.98. The number of aromatic nitrogens is 3. The Balaban J connectivity index is 1.80. The zero-order valence-corrected chi connectivity index (χ0v) is 13.6. The molecule has 0 saturated heterocycles. The van der Waals surface area contributed by atoms with E-state index in [1.807, 2.05) is 37.3 Å². The van der Waals surface area contributed by atoms with E-state index in [2.05, 4.69) is 33.7 Å². The average molecular weight is 308 g/mol. The lowest BCUT2D eigenvalue weighted by Gasteiger charge is -2.10. The SMILES string of the molecule is Cc1nc2cc(CC(=O)Nc3ccccn3)ccc2n1C(C)C. The predicted molar refractivity (Wildman–Crippen MR) is 91.4 cm³/mol. The summed E-state index contributed by atoms with van der Waals surface area (Å²) in [5, 5.41) is 2.80. The maximum Gasteiger partial charge on any atom is 0.229 e. The minimum absolute atomic E-state index is 0.0805. The molecule has 0 fully saturated rings. The van der Waals surface area contributed by atoms with Crippen molar-refractivity contribution in [3.05, 3.63) is 54.0 Å². The number of aryl methyl sites for hydroxylation is 1. The number of carbonyl (C=O) groups excluding carboxylic acids is 1. The van der Waals surface area contributed by atoms with Crippen LogP contribution < -0.4 is 5.32 Å². The molecule has 1 aromatic carbocycles. The Morgan fingerprint density at radius 3 is 2.78 bits per heavy atom. The molecule has 0 bridgehead atoms. The lowest BCUT2D eigenvalue weighted by atomic mass is 10.1. The van der Waals surface area contributed by atoms with Crippen molar-refractivity contribution < 1.29 is 4.79 Å². The summed E-state index contributed by atoms with van der Waals surface area (Å²) >= 11 is 0. The van der Waals surface area contributed by atoms with E-state index in [9.17, 15) is 4.79 Å². The fraction of sp³-hybridized carbons (Fsp3) is 0.278. The normalized spacial score (nSPS) is 11.1. The fourth-order valence-electron chi connectivity index (χ4n) is 2.84. The Labute approximate surface area is 135 Å². The van der Waals surface area contributed by atoms with Gasteiger partial charge in [0.25, 0.3) is 0 Å². The first-order valence-corrected chi connectivity index (χ1v) is 7.73. The van der Waals surface area contributed by atoms with Crippen molar-refractivity contribution in [1.82, 2.24) is 14.5 Å². The van der Waals surface area contributed by atoms with E-state index in [1.165, 1.54) is 0 Å². The van der Waals surface area contributed by atoms with Crippen LogP contribution in [0.2, 0.25) is 0 Å². The zero-order chi connectivity index (χ0) is 16.4. The molecule has 3 rings (SSSR count). The van der Waals surface area contributed by atoms with Crippen LogP contribution in [-0.4, -0.2) is 20.4 Å². The third kappa shape index (κ3) is 3.23. The van der Waals surface area contributed by atoms with Gasteiger partial charge in [0.05, 0.1) is 17.5 Å². The van der Waals surface area contributed by atoms with E-state index >= 15 is 0 Å². The van der Waals surface area contributed by atoms with Crippen LogP contribution in [0.15, 0.2) is 42.6 Å². The molecular formula is C18H20N4O. The summed E-state index contributed by atoms with van der Waals surface area (Å²) in [6, 6.07) is 11.8. The number of pyridine rings is 1. The number of nitrogens with zero attached hydrogens (tertiary/aromatic N) is 3. The second-order valence-corrected chi connectivity index (χ2v) is 5.89. The third-order valence-electron chi connectivity index (χ3n) is 3.74. The van der Waals surface area contributed by atoms with Crippen molar-refractivity contribution in [2.45, 2.75) is 33.2 Å². The Bertz CT molecular complexity index is 837. The van der Waals surface area contributed by atoms with E-state index < -0.39 is 0 Å². The summed E-state index contributed by atoms with van der Waals surface area (Å²) in [6.45, 7) is 6.29. The summed E-state index contributed by atoms with van der Waals surface area (Å²) in [7, 11) is 0. The van der Waals surface area contributed by atoms with Gasteiger partial charge in [-0.25, -0.2) is 9.97 Å². The molecule has 0 aliphatic heterocycles. The summed E-state index contributed by atoms with van der Waals surface area (Å²) in [4.78, 5) is 20.8. The third-order valence-corrected chi connectivity index (χ3v) is 3.74. The van der Waals surface area contributed by atoms with Gasteiger partial charge in [0.2, 0.25) is 5.91 Å². The molecular weight excluding hydrogens is 288 g/mol. The van der Waals surface area contributed by atoms with Gasteiger partial charge in [0.1, 0.15) is 11.6 Å². The van der Waals surface area contributed by atoms with Gasteiger partial charge in [-0.3, -0.25) is 4.79 Å². The van der Waals surface area contributed by atoms with Gasteiger partial charge in [0.15, 0.2) is 0 Å². The highest BCUT2D eigenvalue weighted by Crippen LogP contribution is 2.22. The van der Waals surface area contributed by atoms with Gasteiger partial charge >= 0.3 is 0 Å². The second kappa shape index (κ2) is 6.20. The molecule has 0 aliphatic carbocycles. The zero-order valence-electron chi connectivity index (χ0n) is 13.6. The van der Waals surface area contributed by atoms with E-state index in [4.69, 9.17) is 0 Å². The van der Waals surface area contributed by atoms with Crippen LogP contribution >= 0.6 is 0 Å². The topological polar surface area (TPSA) is 59.8 Å². The minimum Gasteiger partial charge on any atom is -0.326 e. The first-order chi connectivity index (χ1) is 11.0. The van der Waals surface area contributed by atoms with Crippen LogP contribution in [0.3, 0.4) is 0 Å². The van der Waals surface area contributed by atoms with E-state index in [1.54, 1.807) is 12.3 Å². The van der Waals surface area contributed by atoms with Crippen molar-refractivity contribution >= 4 is 22.8 Å². The van der Waals surface area contributed by atoms with E-state index in [0.717, 1.165) is 22.4 Å². The number of nitrogens with one attached hydrogen (secondary N) is 1. The smallest absolute Gasteiger partial charge is 0.229 e. The number of rotatable bonds is 4. The molecule has 5 heteroatoms. The first-order valence-electron chi connectivity index (χ1n) is 7.73. The lowest BCUT2D eigenvalue weighted by Crippen LogP contribution is -2.15. The Morgan fingerprint density at radius 2 is 2.09 bits per heavy atom. The van der Waals surface area contributed by atoms with Gasteiger partial charge in [-0.2, -0.15) is 0 Å². The molecule has 2 heterocycles. The van der Waals surface area contributed by atoms with Crippen LogP contribution in [0.5, 0.6) is 0 Å². The monoisotopic (exact) mass is 308 g/mol. The molecule has 1 amide bonds. The van der Waals surface area contributed by atoms with Gasteiger partial charge in [-0.05, 0) is 50.6 Å². The maximum atomic E-state index is 12.1. The summed E-state index contributed by atoms with van der Waals surface area (Å²) in [6.07, 6.45) is 1.96. The number of carbonyl (C=O) groups is 1. The van der Waals surface area contributed by atoms with Crippen LogP contribution in [0, 0.1) is 6.92 Å². The van der Waals surface area contributed by atoms with Crippen molar-refractivity contribution in [3.63, 3.8) is 0 Å². The largest absolute Gasteiger partial charge is 0.326 e. The number of anilines is 1. The van der Waals surface area contributed by atoms with Gasteiger partial charge < -0.3 is 9.88 Å². The highest BCUT2D eigenvalue weighted by Gasteiger charge is 2.12. The summed E-state index contributed by atoms with van der Waals surface area (Å²) < 4.78 is 2.20. The molecule has 118 valence electrons. The molecule has 23 heavy (non-hydrogen) atoms. The number of fused-ring (bicyclic) bond motifs is 1. The molecule has 1 N–H and O–H groups in total. The van der Waals surface area contributed by atoms with Crippen molar-refractivity contribution in [2.75, 3.05) is 5.32 Å². The molecule has 0 aliphatic rings. The molecule has 0 atom stereocenters. The quantitative estimate of drug-likeness (QED) is 0.802. The molecule has 0 spiro atoms. The van der Waals surface area contributed by atoms with Crippen LogP contribution in [0.1, 0.15) is 31.3 Å². The Hall–Kier alpha value is -2.69. The molecule has 5 nitrogen and oxygen atoms in total. The molecule has 3 aromatic rings. The van der Waals surface area contributed by atoms with Crippen molar-refractivity contribution in [2.24, 2.45) is 0 Å². The number of benzene rings is 1. The van der Waals surface area contributed by atoms with Gasteiger partial charge in [0, 0.05) is 12.2 Å². The molecule has 0 saturated carbocycles. The number of hydrogen-bond donors (Lipinski definition) is 1. The number of imidazole rings is 1. The lowest BCUT2D eigenvalue weighted by molar-refractivity contribution is -0.115. The van der Waals surface area contributed by atoms with Crippen molar-refractivity contribution in [1.29, 1.82) is 0 Å². The fourth-order valence-corrected chi connectivity index (χ4v) is 2.84. The Kier molecular flexibility index (Phi) is 4.10. The average Bonchev–Trinajstić information content (AvgIpc) is 2.83. The Morgan fingerprint density at radius 1 is 1.26 bits per heavy atom. The van der Waals surface area contributed by atoms with E-state index in [0.29, 0.717) is 18.3 Å². The number of amides is 1. The predicted octanol–water partition coefficient (Wildman–Crippen LogP) is 3.50. The molecule has 2 aromatic heterocycles. The number of hydrogen-bond acceptors (Lipinski definition) is 3. The van der Waals surface area contributed by atoms with Gasteiger partial charge in [-0.15, -0.1) is 0 Å². The van der Waals surface area contributed by atoms with Crippen LogP contribution in [0.25, 0.3) is 11.0 Å². The van der Waals surface area contributed by atoms with Crippen LogP contribution in [-0.2, 0) is 11.2 Å². The first kappa shape index (κ1) is 15.2. The summed E-state index contributed by atoms with van der Waals surface area (Å²) in [5.74, 6) is 1.48. The molecule has 0 radical (unpaired) electrons. The van der Waals surface area contributed by atoms with Crippen LogP contribution in [0.4, 0.5) is 5.82 Å². The highest BCUT2D eigenvalue weighted by molar-refractivity contribution is 5.92. The minimum atomic E-state index is -0.0805. The van der Waals surface area contributed by atoms with Crippen molar-refractivity contribution in [3.8, 4) is 0 Å². The second-order valence-electron chi connectivity index (χ2n) is 5.89. The standard InChI is InChI=1S/C18H20N4O/c1-12(2)22-13(3)20-15-10-14(7-8-16(15)22)11-18(23)21-17-6-4-5-9-19-17/h4-10,12H,11H2,1-3H3,(H,19,21,23). The van der Waals surface area contributed by atoms with Gasteiger partial charge in [-0.1, -0.05) is 12.1 Å².